The zero-order valence-electron chi connectivity index (χ0n) is 13.3. The lowest BCUT2D eigenvalue weighted by atomic mass is 10.1. The Balaban J connectivity index is 1.97. The first-order valence-corrected chi connectivity index (χ1v) is 7.57. The monoisotopic (exact) mass is 303 g/mol. The molecule has 0 fully saturated rings. The van der Waals surface area contributed by atoms with Crippen molar-refractivity contribution in [1.29, 1.82) is 0 Å². The van der Waals surface area contributed by atoms with E-state index < -0.39 is 5.60 Å². The molecule has 5 heteroatoms. The molecular weight excluding hydrogens is 278 g/mol. The van der Waals surface area contributed by atoms with Crippen LogP contribution in [0.5, 0.6) is 0 Å². The lowest BCUT2D eigenvalue weighted by molar-refractivity contribution is 0.0281. The molecule has 1 heterocycles. The average Bonchev–Trinajstić information content (AvgIpc) is 2.85. The first-order valence-electron chi connectivity index (χ1n) is 7.57. The van der Waals surface area contributed by atoms with Crippen LogP contribution in [0.4, 0.5) is 0 Å². The molecule has 0 aliphatic rings. The zero-order chi connectivity index (χ0) is 16.0. The van der Waals surface area contributed by atoms with E-state index in [4.69, 9.17) is 5.11 Å². The van der Waals surface area contributed by atoms with Gasteiger partial charge in [-0.05, 0) is 19.4 Å². The van der Waals surface area contributed by atoms with E-state index in [1.165, 1.54) is 5.56 Å². The summed E-state index contributed by atoms with van der Waals surface area (Å²) in [5.41, 5.74) is 1.50. The fourth-order valence-corrected chi connectivity index (χ4v) is 2.51. The van der Waals surface area contributed by atoms with Crippen LogP contribution >= 0.6 is 0 Å². The van der Waals surface area contributed by atoms with Gasteiger partial charge in [0.25, 0.3) is 0 Å². The van der Waals surface area contributed by atoms with Crippen LogP contribution in [0.3, 0.4) is 0 Å². The second kappa shape index (κ2) is 7.54. The van der Waals surface area contributed by atoms with Gasteiger partial charge >= 0.3 is 0 Å². The van der Waals surface area contributed by atoms with Gasteiger partial charge in [-0.1, -0.05) is 30.3 Å². The minimum absolute atomic E-state index is 0.0776. The second-order valence-electron chi connectivity index (χ2n) is 6.28. The zero-order valence-corrected chi connectivity index (χ0v) is 13.3. The molecule has 0 amide bonds. The Morgan fingerprint density at radius 1 is 1.18 bits per heavy atom. The van der Waals surface area contributed by atoms with Crippen LogP contribution in [-0.4, -0.2) is 50.2 Å². The molecule has 0 saturated carbocycles. The minimum atomic E-state index is -0.783. The highest BCUT2D eigenvalue weighted by molar-refractivity contribution is 5.15. The van der Waals surface area contributed by atoms with Gasteiger partial charge in [-0.3, -0.25) is 9.58 Å². The summed E-state index contributed by atoms with van der Waals surface area (Å²) in [6.45, 7) is 6.08. The summed E-state index contributed by atoms with van der Waals surface area (Å²) in [5.74, 6) is 0. The predicted octanol–water partition coefficient (Wildman–Crippen LogP) is 1.50. The maximum atomic E-state index is 9.95. The molecule has 2 aromatic rings. The average molecular weight is 303 g/mol. The van der Waals surface area contributed by atoms with Gasteiger partial charge in [0.1, 0.15) is 0 Å². The Labute approximate surface area is 131 Å². The van der Waals surface area contributed by atoms with Gasteiger partial charge in [0.05, 0.1) is 24.9 Å². The van der Waals surface area contributed by atoms with E-state index in [-0.39, 0.29) is 6.61 Å². The normalized spacial score (nSPS) is 12.0. The molecule has 120 valence electrons. The van der Waals surface area contributed by atoms with Gasteiger partial charge in [0.15, 0.2) is 0 Å². The maximum absolute atomic E-state index is 9.95. The molecule has 0 spiro atoms. The molecule has 2 rings (SSSR count). The molecule has 0 aliphatic carbocycles. The van der Waals surface area contributed by atoms with Gasteiger partial charge in [-0.2, -0.15) is 5.10 Å². The van der Waals surface area contributed by atoms with Crippen molar-refractivity contribution in [3.8, 4) is 0 Å². The van der Waals surface area contributed by atoms with Crippen molar-refractivity contribution in [3.05, 3.63) is 53.9 Å². The Hall–Kier alpha value is -1.69. The van der Waals surface area contributed by atoms with E-state index in [9.17, 15) is 5.11 Å². The molecular formula is C17H25N3O2. The summed E-state index contributed by atoms with van der Waals surface area (Å²) < 4.78 is 1.91. The molecule has 1 aromatic heterocycles. The van der Waals surface area contributed by atoms with Crippen molar-refractivity contribution in [2.45, 2.75) is 32.5 Å². The van der Waals surface area contributed by atoms with Crippen LogP contribution in [0.25, 0.3) is 0 Å². The number of nitrogens with zero attached hydrogens (tertiary/aromatic N) is 3. The van der Waals surface area contributed by atoms with Gasteiger partial charge < -0.3 is 10.2 Å². The van der Waals surface area contributed by atoms with Crippen molar-refractivity contribution in [2.24, 2.45) is 0 Å². The standard InChI is InChI=1S/C17H25N3O2/c1-17(2,22)14-19(8-9-21)11-16-10-18-20(13-16)12-15-6-4-3-5-7-15/h3-7,10,13,21-22H,8-9,11-12,14H2,1-2H3. The van der Waals surface area contributed by atoms with Crippen LogP contribution in [0.1, 0.15) is 25.0 Å². The molecule has 0 atom stereocenters. The van der Waals surface area contributed by atoms with E-state index in [1.54, 1.807) is 13.8 Å². The van der Waals surface area contributed by atoms with Crippen molar-refractivity contribution < 1.29 is 10.2 Å². The molecule has 0 unspecified atom stereocenters. The topological polar surface area (TPSA) is 61.5 Å². The fourth-order valence-electron chi connectivity index (χ4n) is 2.51. The first kappa shape index (κ1) is 16.7. The van der Waals surface area contributed by atoms with Crippen LogP contribution in [-0.2, 0) is 13.1 Å². The molecule has 0 radical (unpaired) electrons. The van der Waals surface area contributed by atoms with Crippen molar-refractivity contribution in [3.63, 3.8) is 0 Å². The van der Waals surface area contributed by atoms with Crippen molar-refractivity contribution >= 4 is 0 Å². The lowest BCUT2D eigenvalue weighted by Gasteiger charge is -2.28. The summed E-state index contributed by atoms with van der Waals surface area (Å²) in [4.78, 5) is 2.03. The summed E-state index contributed by atoms with van der Waals surface area (Å²) in [5, 5.41) is 23.5. The fraction of sp³-hybridized carbons (Fsp3) is 0.471. The maximum Gasteiger partial charge on any atom is 0.0718 e. The van der Waals surface area contributed by atoms with Crippen LogP contribution in [0.2, 0.25) is 0 Å². The van der Waals surface area contributed by atoms with Crippen LogP contribution in [0.15, 0.2) is 42.7 Å². The number of rotatable bonds is 8. The summed E-state index contributed by atoms with van der Waals surface area (Å²) in [7, 11) is 0. The highest BCUT2D eigenvalue weighted by Gasteiger charge is 2.18. The van der Waals surface area contributed by atoms with Gasteiger partial charge in [0.2, 0.25) is 0 Å². The largest absolute Gasteiger partial charge is 0.395 e. The second-order valence-corrected chi connectivity index (χ2v) is 6.28. The van der Waals surface area contributed by atoms with Gasteiger partial charge in [-0.25, -0.2) is 0 Å². The number of aliphatic hydroxyl groups is 2. The molecule has 0 bridgehead atoms. The summed E-state index contributed by atoms with van der Waals surface area (Å²) >= 11 is 0. The third-order valence-corrected chi connectivity index (χ3v) is 3.31. The van der Waals surface area contributed by atoms with Crippen molar-refractivity contribution in [2.75, 3.05) is 19.7 Å². The molecule has 1 aromatic carbocycles. The van der Waals surface area contributed by atoms with E-state index in [2.05, 4.69) is 17.2 Å². The lowest BCUT2D eigenvalue weighted by Crippen LogP contribution is -2.39. The van der Waals surface area contributed by atoms with Crippen LogP contribution in [0, 0.1) is 0 Å². The SMILES string of the molecule is CC(C)(O)CN(CCO)Cc1cnn(Cc2ccccc2)c1. The van der Waals surface area contributed by atoms with Gasteiger partial charge in [-0.15, -0.1) is 0 Å². The molecule has 2 N–H and O–H groups in total. The van der Waals surface area contributed by atoms with E-state index >= 15 is 0 Å². The third kappa shape index (κ3) is 5.60. The van der Waals surface area contributed by atoms with E-state index in [0.717, 1.165) is 12.1 Å². The number of aliphatic hydroxyl groups excluding tert-OH is 1. The number of aromatic nitrogens is 2. The smallest absolute Gasteiger partial charge is 0.0718 e. The number of benzene rings is 1. The summed E-state index contributed by atoms with van der Waals surface area (Å²) in [6, 6.07) is 10.2. The number of hydrogen-bond donors (Lipinski definition) is 2. The molecule has 0 saturated heterocycles. The molecule has 0 aliphatic heterocycles. The quantitative estimate of drug-likeness (QED) is 0.776. The Morgan fingerprint density at radius 3 is 2.55 bits per heavy atom. The molecule has 5 nitrogen and oxygen atoms in total. The Morgan fingerprint density at radius 2 is 1.91 bits per heavy atom. The van der Waals surface area contributed by atoms with Gasteiger partial charge in [0, 0.05) is 31.4 Å². The third-order valence-electron chi connectivity index (χ3n) is 3.31. The highest BCUT2D eigenvalue weighted by Crippen LogP contribution is 2.10. The number of hydrogen-bond acceptors (Lipinski definition) is 4. The van der Waals surface area contributed by atoms with E-state index in [1.807, 2.05) is 40.2 Å². The Kier molecular flexibility index (Phi) is 5.71. The molecule has 22 heavy (non-hydrogen) atoms. The Bertz CT molecular complexity index is 561. The van der Waals surface area contributed by atoms with E-state index in [0.29, 0.717) is 19.6 Å². The highest BCUT2D eigenvalue weighted by atomic mass is 16.3. The van der Waals surface area contributed by atoms with Crippen molar-refractivity contribution in [1.82, 2.24) is 14.7 Å². The minimum Gasteiger partial charge on any atom is -0.395 e. The summed E-state index contributed by atoms with van der Waals surface area (Å²) in [6.07, 6.45) is 3.86. The predicted molar refractivity (Wildman–Crippen MR) is 86.4 cm³/mol. The first-order chi connectivity index (χ1) is 10.5. The van der Waals surface area contributed by atoms with Crippen LogP contribution < -0.4 is 0 Å².